The normalized spacial score (nSPS) is 14.0. The quantitative estimate of drug-likeness (QED) is 0.593. The average molecular weight is 434 g/mol. The minimum absolute atomic E-state index is 0.0864. The number of halogens is 3. The largest absolute Gasteiger partial charge is 0.503 e. The number of rotatable bonds is 4. The molecule has 1 aromatic heterocycles. The SMILES string of the molecule is Cc1c(CC(=O)OC2CCC2)c2c(F)c(O)c(F)cc2n1C(=O)c1cccc(Cl)c1. The number of aromatic hydroxyl groups is 1. The van der Waals surface area contributed by atoms with Gasteiger partial charge in [-0.3, -0.25) is 14.2 Å². The van der Waals surface area contributed by atoms with E-state index >= 15 is 0 Å². The van der Waals surface area contributed by atoms with E-state index in [1.54, 1.807) is 12.1 Å². The Balaban J connectivity index is 1.86. The Hall–Kier alpha value is -2.93. The van der Waals surface area contributed by atoms with Gasteiger partial charge in [0.15, 0.2) is 17.4 Å². The number of hydrogen-bond acceptors (Lipinski definition) is 4. The lowest BCUT2D eigenvalue weighted by molar-refractivity contribution is -0.152. The van der Waals surface area contributed by atoms with E-state index in [2.05, 4.69) is 0 Å². The summed E-state index contributed by atoms with van der Waals surface area (Å²) in [6, 6.07) is 7.02. The van der Waals surface area contributed by atoms with Gasteiger partial charge in [0.05, 0.1) is 11.9 Å². The van der Waals surface area contributed by atoms with Gasteiger partial charge in [-0.25, -0.2) is 8.78 Å². The number of phenolic OH excluding ortho intramolecular Hbond substituents is 1. The molecule has 2 aromatic carbocycles. The summed E-state index contributed by atoms with van der Waals surface area (Å²) in [5.41, 5.74) is 0.540. The van der Waals surface area contributed by atoms with Gasteiger partial charge >= 0.3 is 5.97 Å². The minimum atomic E-state index is -1.22. The molecule has 0 spiro atoms. The van der Waals surface area contributed by atoms with Crippen molar-refractivity contribution in [1.82, 2.24) is 4.57 Å². The van der Waals surface area contributed by atoms with E-state index in [1.165, 1.54) is 19.1 Å². The summed E-state index contributed by atoms with van der Waals surface area (Å²) in [7, 11) is 0. The molecule has 8 heteroatoms. The zero-order chi connectivity index (χ0) is 21.6. The van der Waals surface area contributed by atoms with Crippen LogP contribution in [0.4, 0.5) is 8.78 Å². The highest BCUT2D eigenvalue weighted by molar-refractivity contribution is 6.31. The average Bonchev–Trinajstić information content (AvgIpc) is 2.94. The van der Waals surface area contributed by atoms with Crippen LogP contribution in [0.2, 0.25) is 5.02 Å². The van der Waals surface area contributed by atoms with Crippen LogP contribution in [0.5, 0.6) is 5.75 Å². The molecule has 0 radical (unpaired) electrons. The second-order valence-electron chi connectivity index (χ2n) is 7.35. The zero-order valence-electron chi connectivity index (χ0n) is 16.0. The van der Waals surface area contributed by atoms with Crippen molar-refractivity contribution >= 4 is 34.4 Å². The molecule has 0 saturated heterocycles. The third-order valence-corrected chi connectivity index (χ3v) is 5.67. The standard InChI is InChI=1S/C22H18ClF2NO4/c1-11-15(9-18(27)30-14-6-3-7-14)19-17(10-16(24)21(28)20(19)25)26(11)22(29)12-4-2-5-13(23)8-12/h2,4-5,8,10,14,28H,3,6-7,9H2,1H3. The summed E-state index contributed by atoms with van der Waals surface area (Å²) < 4.78 is 35.4. The van der Waals surface area contributed by atoms with Gasteiger partial charge in [0.25, 0.3) is 5.91 Å². The molecule has 5 nitrogen and oxygen atoms in total. The first-order valence-corrected chi connectivity index (χ1v) is 9.86. The van der Waals surface area contributed by atoms with Crippen molar-refractivity contribution in [2.75, 3.05) is 0 Å². The van der Waals surface area contributed by atoms with Gasteiger partial charge in [0, 0.05) is 27.7 Å². The molecular weight excluding hydrogens is 416 g/mol. The smallest absolute Gasteiger partial charge is 0.310 e. The number of carbonyl (C=O) groups is 2. The number of phenols is 1. The molecule has 4 rings (SSSR count). The maximum atomic E-state index is 14.8. The maximum Gasteiger partial charge on any atom is 0.310 e. The van der Waals surface area contributed by atoms with E-state index < -0.39 is 29.3 Å². The first-order valence-electron chi connectivity index (χ1n) is 9.48. The lowest BCUT2D eigenvalue weighted by Gasteiger charge is -2.25. The van der Waals surface area contributed by atoms with Crippen LogP contribution < -0.4 is 0 Å². The number of nitrogens with zero attached hydrogens (tertiary/aromatic N) is 1. The number of aromatic nitrogens is 1. The molecule has 1 heterocycles. The van der Waals surface area contributed by atoms with Gasteiger partial charge in [-0.05, 0) is 49.9 Å². The number of ether oxygens (including phenoxy) is 1. The number of carbonyl (C=O) groups excluding carboxylic acids is 2. The molecule has 1 aliphatic rings. The van der Waals surface area contributed by atoms with Crippen LogP contribution in [0.25, 0.3) is 10.9 Å². The third kappa shape index (κ3) is 3.43. The molecule has 1 N–H and O–H groups in total. The molecule has 30 heavy (non-hydrogen) atoms. The highest BCUT2D eigenvalue weighted by Crippen LogP contribution is 2.36. The molecule has 0 aliphatic heterocycles. The first kappa shape index (κ1) is 20.3. The Morgan fingerprint density at radius 3 is 2.63 bits per heavy atom. The van der Waals surface area contributed by atoms with Crippen molar-refractivity contribution < 1.29 is 28.2 Å². The van der Waals surface area contributed by atoms with Crippen LogP contribution >= 0.6 is 11.6 Å². The molecule has 0 bridgehead atoms. The van der Waals surface area contributed by atoms with E-state index in [4.69, 9.17) is 16.3 Å². The molecule has 0 amide bonds. The summed E-state index contributed by atoms with van der Waals surface area (Å²) in [5, 5.41) is 9.91. The summed E-state index contributed by atoms with van der Waals surface area (Å²) in [4.78, 5) is 25.5. The summed E-state index contributed by atoms with van der Waals surface area (Å²) in [6.07, 6.45) is 2.07. The van der Waals surface area contributed by atoms with E-state index in [9.17, 15) is 23.5 Å². The number of fused-ring (bicyclic) bond motifs is 1. The zero-order valence-corrected chi connectivity index (χ0v) is 16.8. The van der Waals surface area contributed by atoms with Crippen molar-refractivity contribution in [2.45, 2.75) is 38.7 Å². The first-order chi connectivity index (χ1) is 14.3. The van der Waals surface area contributed by atoms with Crippen LogP contribution in [0, 0.1) is 18.6 Å². The highest BCUT2D eigenvalue weighted by Gasteiger charge is 2.28. The van der Waals surface area contributed by atoms with Gasteiger partial charge in [-0.2, -0.15) is 0 Å². The molecule has 156 valence electrons. The molecule has 3 aromatic rings. The van der Waals surface area contributed by atoms with Crippen molar-refractivity contribution in [3.05, 3.63) is 63.8 Å². The van der Waals surface area contributed by atoms with Gasteiger partial charge < -0.3 is 9.84 Å². The monoisotopic (exact) mass is 433 g/mol. The summed E-state index contributed by atoms with van der Waals surface area (Å²) in [5.74, 6) is -4.73. The van der Waals surface area contributed by atoms with Crippen molar-refractivity contribution in [3.63, 3.8) is 0 Å². The van der Waals surface area contributed by atoms with Crippen LogP contribution in [-0.4, -0.2) is 27.7 Å². The van der Waals surface area contributed by atoms with Crippen molar-refractivity contribution in [3.8, 4) is 5.75 Å². The summed E-state index contributed by atoms with van der Waals surface area (Å²) in [6.45, 7) is 1.53. The van der Waals surface area contributed by atoms with Crippen molar-refractivity contribution in [1.29, 1.82) is 0 Å². The third-order valence-electron chi connectivity index (χ3n) is 5.43. The van der Waals surface area contributed by atoms with Crippen LogP contribution in [-0.2, 0) is 16.0 Å². The Kier molecular flexibility index (Phi) is 5.24. The lowest BCUT2D eigenvalue weighted by Crippen LogP contribution is -2.26. The minimum Gasteiger partial charge on any atom is -0.503 e. The fourth-order valence-electron chi connectivity index (χ4n) is 3.65. The second-order valence-corrected chi connectivity index (χ2v) is 7.79. The van der Waals surface area contributed by atoms with E-state index in [0.717, 1.165) is 29.9 Å². The molecule has 1 saturated carbocycles. The second kappa shape index (κ2) is 7.72. The number of esters is 1. The fraction of sp³-hybridized carbons (Fsp3) is 0.273. The molecular formula is C22H18ClF2NO4. The van der Waals surface area contributed by atoms with Gasteiger partial charge in [0.2, 0.25) is 0 Å². The molecule has 0 atom stereocenters. The number of hydrogen-bond donors (Lipinski definition) is 1. The van der Waals surface area contributed by atoms with E-state index in [1.807, 2.05) is 0 Å². The van der Waals surface area contributed by atoms with Gasteiger partial charge in [0.1, 0.15) is 6.10 Å². The van der Waals surface area contributed by atoms with E-state index in [-0.39, 0.29) is 40.2 Å². The predicted molar refractivity (Wildman–Crippen MR) is 107 cm³/mol. The number of benzene rings is 2. The van der Waals surface area contributed by atoms with Crippen molar-refractivity contribution in [2.24, 2.45) is 0 Å². The van der Waals surface area contributed by atoms with Crippen LogP contribution in [0.15, 0.2) is 30.3 Å². The lowest BCUT2D eigenvalue weighted by atomic mass is 9.96. The highest BCUT2D eigenvalue weighted by atomic mass is 35.5. The van der Waals surface area contributed by atoms with E-state index in [0.29, 0.717) is 5.02 Å². The Morgan fingerprint density at radius 1 is 1.27 bits per heavy atom. The Morgan fingerprint density at radius 2 is 2.00 bits per heavy atom. The van der Waals surface area contributed by atoms with Crippen LogP contribution in [0.3, 0.4) is 0 Å². The molecule has 1 fully saturated rings. The van der Waals surface area contributed by atoms with Gasteiger partial charge in [-0.1, -0.05) is 17.7 Å². The fourth-order valence-corrected chi connectivity index (χ4v) is 3.84. The van der Waals surface area contributed by atoms with Crippen LogP contribution in [0.1, 0.15) is 40.9 Å². The molecule has 1 aliphatic carbocycles. The Labute approximate surface area is 175 Å². The molecule has 0 unspecified atom stereocenters. The maximum absolute atomic E-state index is 14.8. The summed E-state index contributed by atoms with van der Waals surface area (Å²) >= 11 is 5.97. The topological polar surface area (TPSA) is 68.5 Å². The Bertz CT molecular complexity index is 1180. The predicted octanol–water partition coefficient (Wildman–Crippen LogP) is 4.91. The van der Waals surface area contributed by atoms with Gasteiger partial charge in [-0.15, -0.1) is 0 Å².